The topological polar surface area (TPSA) is 122 Å². The second-order valence-electron chi connectivity index (χ2n) is 5.48. The van der Waals surface area contributed by atoms with Crippen molar-refractivity contribution in [2.75, 3.05) is 44.6 Å². The van der Waals surface area contributed by atoms with E-state index in [1.165, 1.54) is 22.5 Å². The number of piperazine rings is 1. The minimum absolute atomic E-state index is 0. The molecule has 9 nitrogen and oxygen atoms in total. The minimum Gasteiger partial charge on any atom is -0.482 e. The fourth-order valence-electron chi connectivity index (χ4n) is 2.68. The number of carbonyl (C=O) groups is 2. The van der Waals surface area contributed by atoms with E-state index in [9.17, 15) is 18.0 Å². The summed E-state index contributed by atoms with van der Waals surface area (Å²) in [5.74, 6) is -0.0847. The Morgan fingerprint density at radius 2 is 1.92 bits per heavy atom. The van der Waals surface area contributed by atoms with E-state index in [1.807, 2.05) is 0 Å². The zero-order chi connectivity index (χ0) is 17.3. The van der Waals surface area contributed by atoms with Crippen LogP contribution in [0.15, 0.2) is 23.1 Å². The van der Waals surface area contributed by atoms with Gasteiger partial charge in [-0.2, -0.15) is 4.31 Å². The number of carbonyl (C=O) groups excluding carboxylic acids is 2. The normalized spacial score (nSPS) is 17.8. The zero-order valence-electron chi connectivity index (χ0n) is 13.3. The number of nitrogens with zero attached hydrogens (tertiary/aromatic N) is 2. The largest absolute Gasteiger partial charge is 0.482 e. The quantitative estimate of drug-likeness (QED) is 0.699. The maximum atomic E-state index is 12.7. The van der Waals surface area contributed by atoms with Gasteiger partial charge in [0, 0.05) is 26.2 Å². The maximum absolute atomic E-state index is 12.7. The van der Waals surface area contributed by atoms with Crippen molar-refractivity contribution >= 4 is 39.9 Å². The van der Waals surface area contributed by atoms with Crippen LogP contribution in [0.3, 0.4) is 0 Å². The molecule has 0 aliphatic carbocycles. The van der Waals surface area contributed by atoms with Gasteiger partial charge in [0.15, 0.2) is 6.61 Å². The highest BCUT2D eigenvalue weighted by molar-refractivity contribution is 7.89. The van der Waals surface area contributed by atoms with Gasteiger partial charge >= 0.3 is 0 Å². The number of halogens is 1. The van der Waals surface area contributed by atoms with Crippen LogP contribution in [0.4, 0.5) is 5.69 Å². The third-order valence-corrected chi connectivity index (χ3v) is 5.88. The summed E-state index contributed by atoms with van der Waals surface area (Å²) < 4.78 is 32.0. The first-order valence-corrected chi connectivity index (χ1v) is 8.90. The van der Waals surface area contributed by atoms with E-state index in [0.29, 0.717) is 24.5 Å². The van der Waals surface area contributed by atoms with Crippen LogP contribution in [0.5, 0.6) is 5.75 Å². The molecular formula is C14H19ClN4O5S. The lowest BCUT2D eigenvalue weighted by atomic mass is 10.2. The maximum Gasteiger partial charge on any atom is 0.262 e. The summed E-state index contributed by atoms with van der Waals surface area (Å²) in [5.41, 5.74) is 5.66. The molecule has 0 aromatic heterocycles. The Hall–Kier alpha value is -1.88. The summed E-state index contributed by atoms with van der Waals surface area (Å²) in [4.78, 5) is 24.6. The van der Waals surface area contributed by atoms with Gasteiger partial charge in [-0.15, -0.1) is 12.4 Å². The zero-order valence-corrected chi connectivity index (χ0v) is 14.9. The van der Waals surface area contributed by atoms with Gasteiger partial charge in [-0.1, -0.05) is 0 Å². The molecule has 3 rings (SSSR count). The number of nitrogens with two attached hydrogens (primary N) is 1. The predicted octanol–water partition coefficient (Wildman–Crippen LogP) is -0.769. The van der Waals surface area contributed by atoms with Crippen LogP contribution >= 0.6 is 12.4 Å². The molecule has 1 saturated heterocycles. The van der Waals surface area contributed by atoms with E-state index in [4.69, 9.17) is 10.5 Å². The molecule has 0 unspecified atom stereocenters. The van der Waals surface area contributed by atoms with Gasteiger partial charge in [0.2, 0.25) is 15.9 Å². The number of anilines is 1. The van der Waals surface area contributed by atoms with Crippen molar-refractivity contribution in [3.05, 3.63) is 18.2 Å². The molecule has 1 aromatic rings. The third-order valence-electron chi connectivity index (χ3n) is 3.99. The first kappa shape index (κ1) is 19.4. The molecule has 2 aliphatic heterocycles. The van der Waals surface area contributed by atoms with Crippen molar-refractivity contribution in [1.82, 2.24) is 9.21 Å². The van der Waals surface area contributed by atoms with Gasteiger partial charge < -0.3 is 20.7 Å². The lowest BCUT2D eigenvalue weighted by Crippen LogP contribution is -2.51. The molecule has 0 bridgehead atoms. The summed E-state index contributed by atoms with van der Waals surface area (Å²) in [6, 6.07) is 4.36. The second-order valence-corrected chi connectivity index (χ2v) is 7.42. The molecule has 2 amide bonds. The molecule has 138 valence electrons. The van der Waals surface area contributed by atoms with Crippen LogP contribution in [-0.4, -0.2) is 68.8 Å². The SMILES string of the molecule is Cl.NCC(=O)N1CCN(S(=O)(=O)c2ccc3c(c2)NC(=O)CO3)CC1. The smallest absolute Gasteiger partial charge is 0.262 e. The first-order chi connectivity index (χ1) is 11.4. The van der Waals surface area contributed by atoms with Crippen molar-refractivity contribution in [1.29, 1.82) is 0 Å². The lowest BCUT2D eigenvalue weighted by Gasteiger charge is -2.34. The van der Waals surface area contributed by atoms with Crippen LogP contribution < -0.4 is 15.8 Å². The van der Waals surface area contributed by atoms with E-state index in [1.54, 1.807) is 4.90 Å². The Kier molecular flexibility index (Phi) is 5.88. The summed E-state index contributed by atoms with van der Waals surface area (Å²) in [5, 5.41) is 2.59. The van der Waals surface area contributed by atoms with E-state index >= 15 is 0 Å². The first-order valence-electron chi connectivity index (χ1n) is 7.46. The molecule has 2 heterocycles. The van der Waals surface area contributed by atoms with E-state index in [-0.39, 0.29) is 55.4 Å². The van der Waals surface area contributed by atoms with Crippen molar-refractivity contribution in [2.45, 2.75) is 4.90 Å². The monoisotopic (exact) mass is 390 g/mol. The van der Waals surface area contributed by atoms with Crippen LogP contribution in [0, 0.1) is 0 Å². The van der Waals surface area contributed by atoms with E-state index < -0.39 is 10.0 Å². The number of benzene rings is 1. The molecule has 0 atom stereocenters. The highest BCUT2D eigenvalue weighted by Crippen LogP contribution is 2.31. The van der Waals surface area contributed by atoms with Crippen molar-refractivity contribution in [2.24, 2.45) is 5.73 Å². The van der Waals surface area contributed by atoms with Crippen LogP contribution in [-0.2, 0) is 19.6 Å². The van der Waals surface area contributed by atoms with Crippen LogP contribution in [0.25, 0.3) is 0 Å². The molecule has 0 radical (unpaired) electrons. The number of hydrogen-bond acceptors (Lipinski definition) is 6. The van der Waals surface area contributed by atoms with Crippen molar-refractivity contribution in [3.63, 3.8) is 0 Å². The van der Waals surface area contributed by atoms with Gasteiger partial charge in [-0.25, -0.2) is 8.42 Å². The van der Waals surface area contributed by atoms with Crippen LogP contribution in [0.1, 0.15) is 0 Å². The number of fused-ring (bicyclic) bond motifs is 1. The van der Waals surface area contributed by atoms with E-state index in [2.05, 4.69) is 5.32 Å². The Labute approximate surface area is 151 Å². The van der Waals surface area contributed by atoms with E-state index in [0.717, 1.165) is 0 Å². The molecule has 2 aliphatic rings. The molecule has 1 aromatic carbocycles. The number of sulfonamides is 1. The molecule has 0 spiro atoms. The average Bonchev–Trinajstić information content (AvgIpc) is 2.60. The van der Waals surface area contributed by atoms with Gasteiger partial charge in [0.1, 0.15) is 5.75 Å². The molecule has 0 saturated carbocycles. The van der Waals surface area contributed by atoms with Crippen molar-refractivity contribution in [3.8, 4) is 5.75 Å². The van der Waals surface area contributed by atoms with Gasteiger partial charge in [-0.3, -0.25) is 9.59 Å². The van der Waals surface area contributed by atoms with Crippen LogP contribution in [0.2, 0.25) is 0 Å². The Bertz CT molecular complexity index is 777. The number of hydrogen-bond donors (Lipinski definition) is 2. The molecule has 25 heavy (non-hydrogen) atoms. The lowest BCUT2D eigenvalue weighted by molar-refractivity contribution is -0.130. The van der Waals surface area contributed by atoms with Gasteiger partial charge in [0.25, 0.3) is 5.91 Å². The third kappa shape index (κ3) is 3.87. The van der Waals surface area contributed by atoms with Crippen molar-refractivity contribution < 1.29 is 22.7 Å². The van der Waals surface area contributed by atoms with Gasteiger partial charge in [0.05, 0.1) is 17.1 Å². The fourth-order valence-corrected chi connectivity index (χ4v) is 4.13. The average molecular weight is 391 g/mol. The molecule has 3 N–H and O–H groups in total. The highest BCUT2D eigenvalue weighted by Gasteiger charge is 2.30. The number of amides is 2. The number of rotatable bonds is 3. The summed E-state index contributed by atoms with van der Waals surface area (Å²) in [6.07, 6.45) is 0. The predicted molar refractivity (Wildman–Crippen MR) is 92.2 cm³/mol. The summed E-state index contributed by atoms with van der Waals surface area (Å²) in [6.45, 7) is 0.843. The fraction of sp³-hybridized carbons (Fsp3) is 0.429. The molecule has 1 fully saturated rings. The minimum atomic E-state index is -3.71. The highest BCUT2D eigenvalue weighted by atomic mass is 35.5. The number of nitrogens with one attached hydrogen (secondary N) is 1. The second kappa shape index (κ2) is 7.56. The Balaban J connectivity index is 0.00000225. The Morgan fingerprint density at radius 1 is 1.24 bits per heavy atom. The Morgan fingerprint density at radius 3 is 2.56 bits per heavy atom. The summed E-state index contributed by atoms with van der Waals surface area (Å²) >= 11 is 0. The number of ether oxygens (including phenoxy) is 1. The summed E-state index contributed by atoms with van der Waals surface area (Å²) in [7, 11) is -3.71. The van der Waals surface area contributed by atoms with Gasteiger partial charge in [-0.05, 0) is 18.2 Å². The molecule has 11 heteroatoms. The molecular weight excluding hydrogens is 372 g/mol. The standard InChI is InChI=1S/C14H18N4O5S.ClH/c15-8-14(20)17-3-5-18(6-4-17)24(21,22)10-1-2-12-11(7-10)16-13(19)9-23-12;/h1-2,7H,3-6,8-9,15H2,(H,16,19);1H.